The molecule has 22 heavy (non-hydrogen) atoms. The number of alkyl carbamates (subject to hydrolysis) is 1. The highest BCUT2D eigenvalue weighted by atomic mass is 16.5. The average molecular weight is 297 g/mol. The first-order valence-corrected chi connectivity index (χ1v) is 7.04. The van der Waals surface area contributed by atoms with Gasteiger partial charge in [-0.1, -0.05) is 36.4 Å². The predicted octanol–water partition coefficient (Wildman–Crippen LogP) is 3.20. The minimum atomic E-state index is -0.742. The van der Waals surface area contributed by atoms with Crippen molar-refractivity contribution in [1.29, 1.82) is 0 Å². The van der Waals surface area contributed by atoms with Crippen LogP contribution in [0, 0.1) is 0 Å². The summed E-state index contributed by atoms with van der Waals surface area (Å²) in [5.74, 6) is 0.197. The molecule has 0 bridgehead atoms. The molecule has 5 heteroatoms. The third-order valence-electron chi connectivity index (χ3n) is 3.44. The molecule has 1 heterocycles. The number of ether oxygens (including phenoxy) is 2. The van der Waals surface area contributed by atoms with Crippen LogP contribution in [0.3, 0.4) is 0 Å². The first-order chi connectivity index (χ1) is 10.7. The zero-order valence-electron chi connectivity index (χ0n) is 12.0. The first-order valence-electron chi connectivity index (χ1n) is 7.04. The summed E-state index contributed by atoms with van der Waals surface area (Å²) in [7, 11) is 0. The van der Waals surface area contributed by atoms with E-state index in [1.807, 2.05) is 36.4 Å². The van der Waals surface area contributed by atoms with Crippen molar-refractivity contribution in [3.05, 3.63) is 59.7 Å². The smallest absolute Gasteiger partial charge is 0.413 e. The molecule has 1 N–H and O–H groups in total. The summed E-state index contributed by atoms with van der Waals surface area (Å²) in [5, 5.41) is 2.28. The van der Waals surface area contributed by atoms with E-state index in [-0.39, 0.29) is 6.61 Å². The molecule has 0 aliphatic carbocycles. The molecule has 2 aromatic rings. The second-order valence-corrected chi connectivity index (χ2v) is 4.82. The molecule has 0 atom stereocenters. The van der Waals surface area contributed by atoms with Gasteiger partial charge in [-0.3, -0.25) is 10.1 Å². The van der Waals surface area contributed by atoms with Gasteiger partial charge < -0.3 is 9.47 Å². The van der Waals surface area contributed by atoms with Crippen molar-refractivity contribution in [2.75, 3.05) is 6.61 Å². The van der Waals surface area contributed by atoms with Crippen LogP contribution in [-0.2, 0) is 9.53 Å². The Balaban J connectivity index is 1.99. The Labute approximate surface area is 127 Å². The molecule has 1 aliphatic heterocycles. The van der Waals surface area contributed by atoms with Gasteiger partial charge in [-0.2, -0.15) is 0 Å². The van der Waals surface area contributed by atoms with Crippen molar-refractivity contribution < 1.29 is 19.1 Å². The fourth-order valence-electron chi connectivity index (χ4n) is 2.53. The highest BCUT2D eigenvalue weighted by molar-refractivity contribution is 5.98. The van der Waals surface area contributed by atoms with E-state index in [9.17, 15) is 9.59 Å². The van der Waals surface area contributed by atoms with E-state index < -0.39 is 17.9 Å². The summed E-state index contributed by atoms with van der Waals surface area (Å²) < 4.78 is 10.6. The number of fused-ring (bicyclic) bond motifs is 2. The maximum atomic E-state index is 12.5. The van der Waals surface area contributed by atoms with Crippen LogP contribution >= 0.6 is 0 Å². The third kappa shape index (κ3) is 2.53. The molecule has 112 valence electrons. The number of hydrogen-bond donors (Lipinski definition) is 1. The number of para-hydroxylation sites is 2. The molecule has 2 aromatic carbocycles. The van der Waals surface area contributed by atoms with E-state index in [1.165, 1.54) is 0 Å². The molecule has 1 aliphatic rings. The number of carbonyl (C=O) groups excluding carboxylic acids is 2. The van der Waals surface area contributed by atoms with Gasteiger partial charge >= 0.3 is 6.09 Å². The van der Waals surface area contributed by atoms with Crippen molar-refractivity contribution in [2.45, 2.75) is 12.8 Å². The summed E-state index contributed by atoms with van der Waals surface area (Å²) >= 11 is 0. The van der Waals surface area contributed by atoms with Crippen LogP contribution in [0.1, 0.15) is 24.0 Å². The summed E-state index contributed by atoms with van der Waals surface area (Å²) in [6, 6.07) is 14.6. The predicted molar refractivity (Wildman–Crippen MR) is 80.0 cm³/mol. The summed E-state index contributed by atoms with van der Waals surface area (Å²) in [5.41, 5.74) is 1.45. The number of benzene rings is 2. The van der Waals surface area contributed by atoms with Crippen molar-refractivity contribution >= 4 is 12.0 Å². The molecular formula is C17H15NO4. The molecule has 0 aromatic heterocycles. The monoisotopic (exact) mass is 297 g/mol. The number of hydrogen-bond acceptors (Lipinski definition) is 4. The molecular weight excluding hydrogens is 282 g/mol. The van der Waals surface area contributed by atoms with Gasteiger partial charge in [0, 0.05) is 11.1 Å². The number of carbonyl (C=O) groups is 2. The van der Waals surface area contributed by atoms with Gasteiger partial charge in [0.05, 0.1) is 12.5 Å². The van der Waals surface area contributed by atoms with Crippen molar-refractivity contribution in [1.82, 2.24) is 5.32 Å². The Kier molecular flexibility index (Phi) is 3.78. The molecule has 0 saturated heterocycles. The minimum Gasteiger partial charge on any atom is -0.457 e. The third-order valence-corrected chi connectivity index (χ3v) is 3.44. The average Bonchev–Trinajstić information content (AvgIpc) is 2.52. The maximum absolute atomic E-state index is 12.5. The van der Waals surface area contributed by atoms with Gasteiger partial charge in [0.15, 0.2) is 0 Å². The van der Waals surface area contributed by atoms with Gasteiger partial charge in [-0.25, -0.2) is 4.79 Å². The molecule has 0 fully saturated rings. The van der Waals surface area contributed by atoms with Gasteiger partial charge in [0.1, 0.15) is 11.5 Å². The fraction of sp³-hybridized carbons (Fsp3) is 0.176. The normalized spacial score (nSPS) is 12.6. The Morgan fingerprint density at radius 2 is 1.59 bits per heavy atom. The van der Waals surface area contributed by atoms with E-state index in [1.54, 1.807) is 19.1 Å². The Morgan fingerprint density at radius 1 is 1.05 bits per heavy atom. The molecule has 0 spiro atoms. The molecule has 0 unspecified atom stereocenters. The SMILES string of the molecule is CCOC(=O)NC(=O)C1c2ccccc2Oc2ccccc21. The van der Waals surface area contributed by atoms with Crippen LogP contribution in [0.2, 0.25) is 0 Å². The molecule has 0 radical (unpaired) electrons. The van der Waals surface area contributed by atoms with Gasteiger partial charge in [0.25, 0.3) is 0 Å². The Hall–Kier alpha value is -2.82. The first kappa shape index (κ1) is 14.1. The standard InChI is InChI=1S/C17H15NO4/c1-2-21-17(20)18-16(19)15-11-7-3-5-9-13(11)22-14-10-6-4-8-12(14)15/h3-10,15H,2H2,1H3,(H,18,19,20). The van der Waals surface area contributed by atoms with E-state index in [2.05, 4.69) is 5.32 Å². The molecule has 0 saturated carbocycles. The quantitative estimate of drug-likeness (QED) is 0.924. The van der Waals surface area contributed by atoms with E-state index in [4.69, 9.17) is 9.47 Å². The maximum Gasteiger partial charge on any atom is 0.413 e. The van der Waals surface area contributed by atoms with Crippen LogP contribution in [0.15, 0.2) is 48.5 Å². The van der Waals surface area contributed by atoms with Crippen molar-refractivity contribution in [3.8, 4) is 11.5 Å². The summed E-state index contributed by atoms with van der Waals surface area (Å²) in [6.07, 6.45) is -0.742. The number of amides is 2. The van der Waals surface area contributed by atoms with Crippen LogP contribution in [-0.4, -0.2) is 18.6 Å². The van der Waals surface area contributed by atoms with E-state index in [0.717, 1.165) is 11.1 Å². The number of nitrogens with one attached hydrogen (secondary N) is 1. The summed E-state index contributed by atoms with van der Waals surface area (Å²) in [4.78, 5) is 24.1. The largest absolute Gasteiger partial charge is 0.457 e. The zero-order valence-corrected chi connectivity index (χ0v) is 12.0. The zero-order chi connectivity index (χ0) is 15.5. The fourth-order valence-corrected chi connectivity index (χ4v) is 2.53. The van der Waals surface area contributed by atoms with Crippen LogP contribution in [0.25, 0.3) is 0 Å². The van der Waals surface area contributed by atoms with Crippen LogP contribution < -0.4 is 10.1 Å². The molecule has 3 rings (SSSR count). The highest BCUT2D eigenvalue weighted by Crippen LogP contribution is 2.43. The van der Waals surface area contributed by atoms with Crippen molar-refractivity contribution in [3.63, 3.8) is 0 Å². The van der Waals surface area contributed by atoms with Crippen molar-refractivity contribution in [2.24, 2.45) is 0 Å². The lowest BCUT2D eigenvalue weighted by Crippen LogP contribution is -2.36. The van der Waals surface area contributed by atoms with E-state index in [0.29, 0.717) is 11.5 Å². The second kappa shape index (κ2) is 5.89. The van der Waals surface area contributed by atoms with Crippen LogP contribution in [0.4, 0.5) is 4.79 Å². The van der Waals surface area contributed by atoms with Crippen LogP contribution in [0.5, 0.6) is 11.5 Å². The lowest BCUT2D eigenvalue weighted by Gasteiger charge is -2.27. The molecule has 2 amide bonds. The Morgan fingerprint density at radius 3 is 2.14 bits per heavy atom. The number of imide groups is 1. The minimum absolute atomic E-state index is 0.208. The lowest BCUT2D eigenvalue weighted by molar-refractivity contribution is -0.121. The highest BCUT2D eigenvalue weighted by Gasteiger charge is 2.33. The lowest BCUT2D eigenvalue weighted by atomic mass is 9.87. The van der Waals surface area contributed by atoms with Gasteiger partial charge in [0.2, 0.25) is 5.91 Å². The van der Waals surface area contributed by atoms with Gasteiger partial charge in [-0.05, 0) is 19.1 Å². The van der Waals surface area contributed by atoms with Gasteiger partial charge in [-0.15, -0.1) is 0 Å². The van der Waals surface area contributed by atoms with E-state index >= 15 is 0 Å². The second-order valence-electron chi connectivity index (χ2n) is 4.82. The number of rotatable bonds is 2. The molecule has 5 nitrogen and oxygen atoms in total. The Bertz CT molecular complexity index is 681. The summed E-state index contributed by atoms with van der Waals surface area (Å²) in [6.45, 7) is 1.89. The topological polar surface area (TPSA) is 64.6 Å².